The zero-order chi connectivity index (χ0) is 11.3. The fourth-order valence-corrected chi connectivity index (χ4v) is 1.65. The van der Waals surface area contributed by atoms with Gasteiger partial charge in [0.25, 0.3) is 5.91 Å². The van der Waals surface area contributed by atoms with Gasteiger partial charge in [-0.3, -0.25) is 4.79 Å². The molecule has 0 aliphatic carbocycles. The minimum atomic E-state index is -0.0316. The number of aromatic nitrogens is 1. The van der Waals surface area contributed by atoms with Crippen LogP contribution >= 0.6 is 15.9 Å². The molecule has 15 heavy (non-hydrogen) atoms. The lowest BCUT2D eigenvalue weighted by molar-refractivity contribution is 0.0786. The number of amides is 1. The molecular formula is C11H15BrN2O. The van der Waals surface area contributed by atoms with Crippen LogP contribution in [0.2, 0.25) is 0 Å². The van der Waals surface area contributed by atoms with E-state index in [1.165, 1.54) is 0 Å². The van der Waals surface area contributed by atoms with E-state index in [4.69, 9.17) is 0 Å². The van der Waals surface area contributed by atoms with Crippen molar-refractivity contribution < 1.29 is 4.79 Å². The van der Waals surface area contributed by atoms with Gasteiger partial charge in [-0.1, -0.05) is 13.3 Å². The number of rotatable bonds is 4. The molecule has 0 bridgehead atoms. The van der Waals surface area contributed by atoms with Gasteiger partial charge in [0.1, 0.15) is 5.69 Å². The maximum absolute atomic E-state index is 11.9. The van der Waals surface area contributed by atoms with Crippen molar-refractivity contribution in [2.75, 3.05) is 13.6 Å². The van der Waals surface area contributed by atoms with Crippen LogP contribution in [0, 0.1) is 0 Å². The molecular weight excluding hydrogens is 256 g/mol. The molecule has 0 radical (unpaired) electrons. The molecule has 1 aromatic heterocycles. The Morgan fingerprint density at radius 1 is 1.60 bits per heavy atom. The van der Waals surface area contributed by atoms with Gasteiger partial charge in [-0.05, 0) is 34.5 Å². The average molecular weight is 271 g/mol. The molecule has 0 aliphatic rings. The summed E-state index contributed by atoms with van der Waals surface area (Å²) < 4.78 is 0.748. The van der Waals surface area contributed by atoms with Crippen molar-refractivity contribution in [3.05, 3.63) is 28.5 Å². The van der Waals surface area contributed by atoms with Gasteiger partial charge in [-0.25, -0.2) is 4.98 Å². The molecule has 4 heteroatoms. The van der Waals surface area contributed by atoms with Gasteiger partial charge in [0.05, 0.1) is 0 Å². The highest BCUT2D eigenvalue weighted by Gasteiger charge is 2.14. The van der Waals surface area contributed by atoms with Crippen LogP contribution in [0.4, 0.5) is 0 Å². The van der Waals surface area contributed by atoms with Crippen molar-refractivity contribution in [3.8, 4) is 0 Å². The first-order valence-electron chi connectivity index (χ1n) is 5.02. The zero-order valence-electron chi connectivity index (χ0n) is 9.03. The van der Waals surface area contributed by atoms with Crippen LogP contribution in [-0.2, 0) is 0 Å². The maximum Gasteiger partial charge on any atom is 0.273 e. The first-order valence-corrected chi connectivity index (χ1v) is 5.82. The van der Waals surface area contributed by atoms with E-state index < -0.39 is 0 Å². The zero-order valence-corrected chi connectivity index (χ0v) is 10.6. The Morgan fingerprint density at radius 2 is 2.33 bits per heavy atom. The molecule has 1 heterocycles. The number of hydrogen-bond donors (Lipinski definition) is 0. The molecule has 82 valence electrons. The van der Waals surface area contributed by atoms with E-state index in [-0.39, 0.29) is 5.91 Å². The van der Waals surface area contributed by atoms with Gasteiger partial charge in [-0.2, -0.15) is 0 Å². The number of carbonyl (C=O) groups excluding carboxylic acids is 1. The predicted octanol–water partition coefficient (Wildman–Crippen LogP) is 2.72. The van der Waals surface area contributed by atoms with Gasteiger partial charge >= 0.3 is 0 Å². The molecule has 0 unspecified atom stereocenters. The number of nitrogens with zero attached hydrogens (tertiary/aromatic N) is 2. The van der Waals surface area contributed by atoms with E-state index >= 15 is 0 Å². The summed E-state index contributed by atoms with van der Waals surface area (Å²) in [5, 5.41) is 0. The topological polar surface area (TPSA) is 33.2 Å². The molecule has 0 aromatic carbocycles. The van der Waals surface area contributed by atoms with Crippen LogP contribution in [0.1, 0.15) is 30.3 Å². The van der Waals surface area contributed by atoms with E-state index in [1.54, 1.807) is 24.2 Å². The molecule has 0 aliphatic heterocycles. The van der Waals surface area contributed by atoms with Crippen molar-refractivity contribution >= 4 is 21.8 Å². The molecule has 0 N–H and O–H groups in total. The third-order valence-corrected chi connectivity index (χ3v) is 2.79. The second-order valence-corrected chi connectivity index (χ2v) is 4.27. The summed E-state index contributed by atoms with van der Waals surface area (Å²) in [6.45, 7) is 2.88. The van der Waals surface area contributed by atoms with Crippen molar-refractivity contribution in [2.45, 2.75) is 19.8 Å². The minimum Gasteiger partial charge on any atom is -0.340 e. The molecule has 0 fully saturated rings. The lowest BCUT2D eigenvalue weighted by Gasteiger charge is -2.16. The van der Waals surface area contributed by atoms with Crippen LogP contribution in [0.3, 0.4) is 0 Å². The number of halogens is 1. The quantitative estimate of drug-likeness (QED) is 0.843. The van der Waals surface area contributed by atoms with Crippen LogP contribution < -0.4 is 0 Å². The molecule has 0 saturated heterocycles. The molecule has 0 saturated carbocycles. The molecule has 0 spiro atoms. The molecule has 1 aromatic rings. The summed E-state index contributed by atoms with van der Waals surface area (Å²) in [4.78, 5) is 17.7. The maximum atomic E-state index is 11.9. The summed E-state index contributed by atoms with van der Waals surface area (Å²) in [5.74, 6) is -0.0316. The Labute approximate surface area is 98.6 Å². The highest BCUT2D eigenvalue weighted by molar-refractivity contribution is 9.10. The summed E-state index contributed by atoms with van der Waals surface area (Å²) in [6, 6.07) is 3.63. The minimum absolute atomic E-state index is 0.0316. The van der Waals surface area contributed by atoms with Gasteiger partial charge in [-0.15, -0.1) is 0 Å². The molecule has 3 nitrogen and oxygen atoms in total. The SMILES string of the molecule is CCCCN(C)C(=O)c1ncccc1Br. The Hall–Kier alpha value is -0.900. The van der Waals surface area contributed by atoms with Crippen LogP contribution in [-0.4, -0.2) is 29.4 Å². The average Bonchev–Trinajstić information content (AvgIpc) is 2.25. The van der Waals surface area contributed by atoms with E-state index in [1.807, 2.05) is 6.07 Å². The highest BCUT2D eigenvalue weighted by atomic mass is 79.9. The normalized spacial score (nSPS) is 10.1. The third-order valence-electron chi connectivity index (χ3n) is 2.15. The van der Waals surface area contributed by atoms with Crippen molar-refractivity contribution in [1.82, 2.24) is 9.88 Å². The fraction of sp³-hybridized carbons (Fsp3) is 0.455. The second kappa shape index (κ2) is 5.85. The van der Waals surface area contributed by atoms with E-state index in [9.17, 15) is 4.79 Å². The van der Waals surface area contributed by atoms with E-state index in [0.29, 0.717) is 5.69 Å². The Bertz CT molecular complexity index is 341. The van der Waals surface area contributed by atoms with Gasteiger partial charge < -0.3 is 4.90 Å². The molecule has 1 amide bonds. The summed E-state index contributed by atoms with van der Waals surface area (Å²) in [5.41, 5.74) is 0.483. The monoisotopic (exact) mass is 270 g/mol. The third kappa shape index (κ3) is 3.30. The van der Waals surface area contributed by atoms with Gasteiger partial charge in [0, 0.05) is 24.3 Å². The Kier molecular flexibility index (Phi) is 4.75. The Balaban J connectivity index is 2.72. The van der Waals surface area contributed by atoms with Crippen molar-refractivity contribution in [1.29, 1.82) is 0 Å². The summed E-state index contributed by atoms with van der Waals surface area (Å²) in [7, 11) is 1.80. The standard InChI is InChI=1S/C11H15BrN2O/c1-3-4-8-14(2)11(15)10-9(12)6-5-7-13-10/h5-7H,3-4,8H2,1-2H3. The number of carbonyl (C=O) groups is 1. The van der Waals surface area contributed by atoms with Crippen LogP contribution in [0.15, 0.2) is 22.8 Å². The second-order valence-electron chi connectivity index (χ2n) is 3.41. The fourth-order valence-electron chi connectivity index (χ4n) is 1.22. The summed E-state index contributed by atoms with van der Waals surface area (Å²) >= 11 is 3.32. The number of hydrogen-bond acceptors (Lipinski definition) is 2. The molecule has 1 rings (SSSR count). The van der Waals surface area contributed by atoms with Crippen LogP contribution in [0.5, 0.6) is 0 Å². The van der Waals surface area contributed by atoms with Crippen molar-refractivity contribution in [2.24, 2.45) is 0 Å². The van der Waals surface area contributed by atoms with E-state index in [0.717, 1.165) is 23.9 Å². The summed E-state index contributed by atoms with van der Waals surface area (Å²) in [6.07, 6.45) is 3.74. The van der Waals surface area contributed by atoms with Crippen LogP contribution in [0.25, 0.3) is 0 Å². The highest BCUT2D eigenvalue weighted by Crippen LogP contribution is 2.14. The first-order chi connectivity index (χ1) is 7.16. The number of pyridine rings is 1. The number of unbranched alkanes of at least 4 members (excludes halogenated alkanes) is 1. The first kappa shape index (κ1) is 12.2. The lowest BCUT2D eigenvalue weighted by Crippen LogP contribution is -2.28. The van der Waals surface area contributed by atoms with Crippen molar-refractivity contribution in [3.63, 3.8) is 0 Å². The smallest absolute Gasteiger partial charge is 0.273 e. The molecule has 0 atom stereocenters. The van der Waals surface area contributed by atoms with Gasteiger partial charge in [0.2, 0.25) is 0 Å². The largest absolute Gasteiger partial charge is 0.340 e. The predicted molar refractivity (Wildman–Crippen MR) is 63.8 cm³/mol. The Morgan fingerprint density at radius 3 is 2.93 bits per heavy atom. The van der Waals surface area contributed by atoms with Gasteiger partial charge in [0.15, 0.2) is 0 Å². The van der Waals surface area contributed by atoms with E-state index in [2.05, 4.69) is 27.8 Å². The lowest BCUT2D eigenvalue weighted by atomic mass is 10.3.